The van der Waals surface area contributed by atoms with Gasteiger partial charge in [-0.1, -0.05) is 12.1 Å². The lowest BCUT2D eigenvalue weighted by atomic mass is 10.1. The minimum Gasteiger partial charge on any atom is -0.497 e. The van der Waals surface area contributed by atoms with Crippen molar-refractivity contribution in [2.75, 3.05) is 12.4 Å². The number of hydrogen-bond donors (Lipinski definition) is 1. The predicted molar refractivity (Wildman–Crippen MR) is 103 cm³/mol. The largest absolute Gasteiger partial charge is 0.497 e. The molecule has 0 unspecified atom stereocenters. The molecule has 6 heteroatoms. The van der Waals surface area contributed by atoms with E-state index >= 15 is 0 Å². The topological polar surface area (TPSA) is 68.3 Å². The summed E-state index contributed by atoms with van der Waals surface area (Å²) in [5, 5.41) is 3.36. The van der Waals surface area contributed by atoms with E-state index in [1.807, 2.05) is 31.2 Å². The van der Waals surface area contributed by atoms with Crippen LogP contribution in [0.5, 0.6) is 5.75 Å². The van der Waals surface area contributed by atoms with Crippen LogP contribution in [0.25, 0.3) is 11.3 Å². The monoisotopic (exact) mass is 366 g/mol. The smallest absolute Gasteiger partial charge is 0.257 e. The van der Waals surface area contributed by atoms with E-state index in [-0.39, 0.29) is 11.7 Å². The van der Waals surface area contributed by atoms with Gasteiger partial charge in [0.05, 0.1) is 12.8 Å². The van der Waals surface area contributed by atoms with Crippen LogP contribution < -0.4 is 10.1 Å². The Kier molecular flexibility index (Phi) is 5.14. The van der Waals surface area contributed by atoms with Gasteiger partial charge in [0.15, 0.2) is 10.9 Å². The van der Waals surface area contributed by atoms with E-state index in [1.54, 1.807) is 31.4 Å². The molecular formula is C20H18N2O3S. The maximum Gasteiger partial charge on any atom is 0.257 e. The highest BCUT2D eigenvalue weighted by Crippen LogP contribution is 2.31. The van der Waals surface area contributed by atoms with Crippen LogP contribution in [-0.2, 0) is 0 Å². The fraction of sp³-hybridized carbons (Fsp3) is 0.150. The number of thiazole rings is 1. The van der Waals surface area contributed by atoms with E-state index in [0.717, 1.165) is 21.9 Å². The van der Waals surface area contributed by atoms with Crippen LogP contribution in [-0.4, -0.2) is 23.8 Å². The number of carbonyl (C=O) groups excluding carboxylic acids is 2. The van der Waals surface area contributed by atoms with Gasteiger partial charge in [-0.15, -0.1) is 11.3 Å². The zero-order valence-electron chi connectivity index (χ0n) is 14.7. The minimum absolute atomic E-state index is 0.0309. The lowest BCUT2D eigenvalue weighted by Gasteiger charge is -2.03. The zero-order valence-corrected chi connectivity index (χ0v) is 15.5. The second kappa shape index (κ2) is 7.49. The Hall–Kier alpha value is -2.99. The molecule has 1 N–H and O–H groups in total. The van der Waals surface area contributed by atoms with Crippen molar-refractivity contribution in [2.45, 2.75) is 13.8 Å². The molecule has 0 aliphatic heterocycles. The van der Waals surface area contributed by atoms with Crippen LogP contribution >= 0.6 is 11.3 Å². The van der Waals surface area contributed by atoms with E-state index in [9.17, 15) is 9.59 Å². The summed E-state index contributed by atoms with van der Waals surface area (Å²) in [4.78, 5) is 29.3. The average Bonchev–Trinajstić information content (AvgIpc) is 3.02. The Morgan fingerprint density at radius 3 is 2.19 bits per heavy atom. The molecular weight excluding hydrogens is 348 g/mol. The summed E-state index contributed by atoms with van der Waals surface area (Å²) in [6.45, 7) is 3.46. The lowest BCUT2D eigenvalue weighted by molar-refractivity contribution is 0.100. The fourth-order valence-electron chi connectivity index (χ4n) is 2.49. The van der Waals surface area contributed by atoms with Gasteiger partial charge in [-0.25, -0.2) is 4.98 Å². The molecule has 1 amide bonds. The van der Waals surface area contributed by atoms with Crippen molar-refractivity contribution in [3.63, 3.8) is 0 Å². The van der Waals surface area contributed by atoms with E-state index < -0.39 is 0 Å². The molecule has 0 bridgehead atoms. The van der Waals surface area contributed by atoms with Crippen LogP contribution in [0.3, 0.4) is 0 Å². The highest BCUT2D eigenvalue weighted by molar-refractivity contribution is 7.16. The van der Waals surface area contributed by atoms with Crippen molar-refractivity contribution in [3.05, 3.63) is 64.5 Å². The van der Waals surface area contributed by atoms with E-state index in [0.29, 0.717) is 16.3 Å². The third kappa shape index (κ3) is 3.81. The highest BCUT2D eigenvalue weighted by atomic mass is 32.1. The Morgan fingerprint density at radius 2 is 1.62 bits per heavy atom. The van der Waals surface area contributed by atoms with Crippen molar-refractivity contribution in [1.29, 1.82) is 0 Å². The minimum atomic E-state index is -0.255. The molecule has 2 aromatic carbocycles. The third-order valence-electron chi connectivity index (χ3n) is 3.93. The first-order valence-corrected chi connectivity index (χ1v) is 8.84. The fourth-order valence-corrected chi connectivity index (χ4v) is 3.32. The maximum absolute atomic E-state index is 12.4. The highest BCUT2D eigenvalue weighted by Gasteiger charge is 2.13. The number of nitrogens with zero attached hydrogens (tertiary/aromatic N) is 1. The van der Waals surface area contributed by atoms with Gasteiger partial charge in [-0.05, 0) is 50.2 Å². The number of carbonyl (C=O) groups is 2. The Bertz CT molecular complexity index is 944. The molecule has 0 fully saturated rings. The number of anilines is 1. The summed E-state index contributed by atoms with van der Waals surface area (Å²) in [5.41, 5.74) is 2.85. The molecule has 26 heavy (non-hydrogen) atoms. The standard InChI is InChI=1S/C20H18N2O3S/c1-12(23)14-4-6-16(7-5-14)19(24)22-20-21-18(13(2)26-20)15-8-10-17(25-3)11-9-15/h4-11H,1-3H3,(H,21,22,24). The van der Waals surface area contributed by atoms with Gasteiger partial charge in [0.2, 0.25) is 0 Å². The van der Waals surface area contributed by atoms with Crippen LogP contribution in [0, 0.1) is 6.92 Å². The first-order chi connectivity index (χ1) is 12.5. The molecule has 5 nitrogen and oxygen atoms in total. The summed E-state index contributed by atoms with van der Waals surface area (Å²) in [7, 11) is 1.62. The van der Waals surface area contributed by atoms with Crippen molar-refractivity contribution in [1.82, 2.24) is 4.98 Å². The van der Waals surface area contributed by atoms with Crippen LogP contribution in [0.2, 0.25) is 0 Å². The number of aromatic nitrogens is 1. The number of aryl methyl sites for hydroxylation is 1. The second-order valence-corrected chi connectivity index (χ2v) is 6.94. The van der Waals surface area contributed by atoms with Crippen molar-refractivity contribution < 1.29 is 14.3 Å². The summed E-state index contributed by atoms with van der Waals surface area (Å²) in [5.74, 6) is 0.496. The molecule has 3 rings (SSSR count). The molecule has 0 atom stereocenters. The molecule has 0 aliphatic rings. The molecule has 3 aromatic rings. The zero-order chi connectivity index (χ0) is 18.7. The van der Waals surface area contributed by atoms with Gasteiger partial charge in [-0.3, -0.25) is 14.9 Å². The number of nitrogens with one attached hydrogen (secondary N) is 1. The molecule has 0 spiro atoms. The van der Waals surface area contributed by atoms with E-state index in [2.05, 4.69) is 10.3 Å². The van der Waals surface area contributed by atoms with Gasteiger partial charge >= 0.3 is 0 Å². The number of amides is 1. The average molecular weight is 366 g/mol. The summed E-state index contributed by atoms with van der Waals surface area (Å²) >= 11 is 1.42. The summed E-state index contributed by atoms with van der Waals surface area (Å²) in [6.07, 6.45) is 0. The number of methoxy groups -OCH3 is 1. The van der Waals surface area contributed by atoms with Gasteiger partial charge in [0, 0.05) is 21.6 Å². The number of rotatable bonds is 5. The molecule has 0 saturated carbocycles. The SMILES string of the molecule is COc1ccc(-c2nc(NC(=O)c3ccc(C(C)=O)cc3)sc2C)cc1. The molecule has 0 radical (unpaired) electrons. The predicted octanol–water partition coefficient (Wildman–Crippen LogP) is 4.58. The number of ketones is 1. The van der Waals surface area contributed by atoms with Crippen LogP contribution in [0.4, 0.5) is 5.13 Å². The van der Waals surface area contributed by atoms with Crippen molar-refractivity contribution >= 4 is 28.2 Å². The van der Waals surface area contributed by atoms with Crippen molar-refractivity contribution in [2.24, 2.45) is 0 Å². The van der Waals surface area contributed by atoms with Gasteiger partial charge < -0.3 is 4.74 Å². The summed E-state index contributed by atoms with van der Waals surface area (Å²) in [6, 6.07) is 14.2. The van der Waals surface area contributed by atoms with Gasteiger partial charge in [0.1, 0.15) is 5.75 Å². The van der Waals surface area contributed by atoms with E-state index in [4.69, 9.17) is 4.74 Å². The normalized spacial score (nSPS) is 10.4. The summed E-state index contributed by atoms with van der Waals surface area (Å²) < 4.78 is 5.17. The van der Waals surface area contributed by atoms with E-state index in [1.165, 1.54) is 18.3 Å². The lowest BCUT2D eigenvalue weighted by Crippen LogP contribution is -2.11. The van der Waals surface area contributed by atoms with Crippen LogP contribution in [0.15, 0.2) is 48.5 Å². The molecule has 132 valence electrons. The number of hydrogen-bond acceptors (Lipinski definition) is 5. The Labute approximate surface area is 155 Å². The first kappa shape index (κ1) is 17.8. The maximum atomic E-state index is 12.4. The number of benzene rings is 2. The van der Waals surface area contributed by atoms with Gasteiger partial charge in [0.25, 0.3) is 5.91 Å². The second-order valence-electron chi connectivity index (χ2n) is 5.74. The van der Waals surface area contributed by atoms with Crippen molar-refractivity contribution in [3.8, 4) is 17.0 Å². The third-order valence-corrected chi connectivity index (χ3v) is 4.82. The Morgan fingerprint density at radius 1 is 1.00 bits per heavy atom. The molecule has 1 aromatic heterocycles. The first-order valence-electron chi connectivity index (χ1n) is 8.02. The quantitative estimate of drug-likeness (QED) is 0.671. The van der Waals surface area contributed by atoms with Crippen LogP contribution in [0.1, 0.15) is 32.5 Å². The molecule has 1 heterocycles. The number of ether oxygens (including phenoxy) is 1. The Balaban J connectivity index is 1.77. The van der Waals surface area contributed by atoms with Gasteiger partial charge in [-0.2, -0.15) is 0 Å². The number of Topliss-reactive ketones (excluding diaryl/α,β-unsaturated/α-hetero) is 1. The molecule has 0 aliphatic carbocycles. The molecule has 0 saturated heterocycles.